The summed E-state index contributed by atoms with van der Waals surface area (Å²) in [5.74, 6) is 0. The van der Waals surface area contributed by atoms with Crippen LogP contribution in [0.5, 0.6) is 0 Å². The fourth-order valence-corrected chi connectivity index (χ4v) is 2.48. The molecule has 0 bridgehead atoms. The molecule has 0 aromatic carbocycles. The van der Waals surface area contributed by atoms with Crippen LogP contribution in [0.1, 0.15) is 90.4 Å². The van der Waals surface area contributed by atoms with Gasteiger partial charge < -0.3 is 5.11 Å². The van der Waals surface area contributed by atoms with Crippen LogP contribution in [-0.2, 0) is 0 Å². The summed E-state index contributed by atoms with van der Waals surface area (Å²) in [6, 6.07) is 0. The van der Waals surface area contributed by atoms with Gasteiger partial charge in [-0.2, -0.15) is 0 Å². The predicted molar refractivity (Wildman–Crippen MR) is 89.9 cm³/mol. The molecule has 0 saturated heterocycles. The summed E-state index contributed by atoms with van der Waals surface area (Å²) >= 11 is 0. The molecule has 2 nitrogen and oxygen atoms in total. The summed E-state index contributed by atoms with van der Waals surface area (Å²) in [7, 11) is 0. The monoisotopic (exact) mass is 283 g/mol. The zero-order valence-electron chi connectivity index (χ0n) is 13.7. The van der Waals surface area contributed by atoms with Crippen molar-refractivity contribution in [2.45, 2.75) is 96.6 Å². The van der Waals surface area contributed by atoms with Crippen LogP contribution < -0.4 is 5.32 Å². The third kappa shape index (κ3) is 15.7. The van der Waals surface area contributed by atoms with Crippen molar-refractivity contribution >= 4 is 0 Å². The number of unbranched alkanes of at least 4 members (excludes halogenated alkanes) is 12. The molecular formula is C18H37NO. The van der Waals surface area contributed by atoms with E-state index >= 15 is 0 Å². The first-order valence-corrected chi connectivity index (χ1v) is 8.85. The lowest BCUT2D eigenvalue weighted by Crippen LogP contribution is -2.27. The van der Waals surface area contributed by atoms with E-state index in [0.717, 1.165) is 13.0 Å². The van der Waals surface area contributed by atoms with Crippen LogP contribution in [0, 0.1) is 0 Å². The number of hydrogen-bond donors (Lipinski definition) is 2. The lowest BCUT2D eigenvalue weighted by atomic mass is 10.0. The number of hydrogen-bond acceptors (Lipinski definition) is 2. The average molecular weight is 283 g/mol. The molecule has 0 aliphatic carbocycles. The van der Waals surface area contributed by atoms with Crippen molar-refractivity contribution in [2.75, 3.05) is 6.54 Å². The van der Waals surface area contributed by atoms with Crippen molar-refractivity contribution in [2.24, 2.45) is 0 Å². The van der Waals surface area contributed by atoms with Crippen molar-refractivity contribution < 1.29 is 5.11 Å². The molecule has 0 amide bonds. The first-order valence-electron chi connectivity index (χ1n) is 8.85. The second-order valence-electron chi connectivity index (χ2n) is 5.88. The molecule has 20 heavy (non-hydrogen) atoms. The summed E-state index contributed by atoms with van der Waals surface area (Å²) in [4.78, 5) is 0. The van der Waals surface area contributed by atoms with Crippen LogP contribution in [0.3, 0.4) is 0 Å². The Labute approximate surface area is 127 Å². The van der Waals surface area contributed by atoms with Crippen LogP contribution in [0.4, 0.5) is 0 Å². The minimum absolute atomic E-state index is 0.535. The quantitative estimate of drug-likeness (QED) is 0.233. The number of nitrogens with one attached hydrogen (secondary N) is 1. The van der Waals surface area contributed by atoms with Gasteiger partial charge in [-0.05, 0) is 19.0 Å². The van der Waals surface area contributed by atoms with Gasteiger partial charge in [0.1, 0.15) is 6.23 Å². The van der Waals surface area contributed by atoms with Crippen molar-refractivity contribution in [1.29, 1.82) is 0 Å². The molecule has 0 rings (SSSR count). The molecule has 0 aromatic rings. The Hall–Kier alpha value is -0.340. The Balaban J connectivity index is 2.97. The third-order valence-corrected chi connectivity index (χ3v) is 3.86. The summed E-state index contributed by atoms with van der Waals surface area (Å²) in [6.45, 7) is 6.70. The maximum atomic E-state index is 9.22. The molecule has 0 aliphatic heterocycles. The van der Waals surface area contributed by atoms with Crippen molar-refractivity contribution in [3.63, 3.8) is 0 Å². The van der Waals surface area contributed by atoms with E-state index in [-0.39, 0.29) is 0 Å². The van der Waals surface area contributed by atoms with E-state index in [1.165, 1.54) is 83.1 Å². The highest BCUT2D eigenvalue weighted by atomic mass is 16.3. The minimum Gasteiger partial charge on any atom is -0.375 e. The van der Waals surface area contributed by atoms with Gasteiger partial charge in [0, 0.05) is 0 Å². The standard InChI is InChI=1S/C18H37NO/c1-3-5-6-7-8-9-10-11-12-13-14-15-16-17-19-18(20)4-2/h4,18-20H,2-3,5-17H2,1H3. The fourth-order valence-electron chi connectivity index (χ4n) is 2.48. The summed E-state index contributed by atoms with van der Waals surface area (Å²) in [6.07, 6.45) is 18.9. The summed E-state index contributed by atoms with van der Waals surface area (Å²) in [5, 5.41) is 12.2. The van der Waals surface area contributed by atoms with Crippen molar-refractivity contribution in [1.82, 2.24) is 5.32 Å². The van der Waals surface area contributed by atoms with E-state index < -0.39 is 6.23 Å². The number of rotatable bonds is 16. The molecule has 0 fully saturated rings. The smallest absolute Gasteiger partial charge is 0.123 e. The van der Waals surface area contributed by atoms with Gasteiger partial charge in [-0.25, -0.2) is 0 Å². The van der Waals surface area contributed by atoms with Crippen molar-refractivity contribution in [3.8, 4) is 0 Å². The predicted octanol–water partition coefficient (Wildman–Crippen LogP) is 5.17. The highest BCUT2D eigenvalue weighted by Crippen LogP contribution is 2.12. The van der Waals surface area contributed by atoms with E-state index in [2.05, 4.69) is 18.8 Å². The van der Waals surface area contributed by atoms with Gasteiger partial charge in [-0.3, -0.25) is 5.32 Å². The van der Waals surface area contributed by atoms with E-state index in [4.69, 9.17) is 0 Å². The molecule has 2 N–H and O–H groups in total. The molecule has 0 radical (unpaired) electrons. The molecule has 0 aliphatic rings. The molecule has 1 atom stereocenters. The molecule has 1 unspecified atom stereocenters. The van der Waals surface area contributed by atoms with Crippen molar-refractivity contribution in [3.05, 3.63) is 12.7 Å². The van der Waals surface area contributed by atoms with Crippen LogP contribution in [-0.4, -0.2) is 17.9 Å². The Morgan fingerprint density at radius 3 is 1.60 bits per heavy atom. The van der Waals surface area contributed by atoms with Gasteiger partial charge in [-0.1, -0.05) is 90.6 Å². The van der Waals surface area contributed by atoms with E-state index in [9.17, 15) is 5.11 Å². The van der Waals surface area contributed by atoms with Gasteiger partial charge in [-0.15, -0.1) is 0 Å². The Morgan fingerprint density at radius 2 is 1.20 bits per heavy atom. The van der Waals surface area contributed by atoms with E-state index in [0.29, 0.717) is 0 Å². The van der Waals surface area contributed by atoms with Gasteiger partial charge in [0.25, 0.3) is 0 Å². The van der Waals surface area contributed by atoms with Crippen LogP contribution >= 0.6 is 0 Å². The molecule has 0 heterocycles. The molecular weight excluding hydrogens is 246 g/mol. The Bertz CT molecular complexity index is 194. The van der Waals surface area contributed by atoms with E-state index in [1.807, 2.05) is 0 Å². The largest absolute Gasteiger partial charge is 0.375 e. The first kappa shape index (κ1) is 19.7. The molecule has 0 aromatic heterocycles. The maximum Gasteiger partial charge on any atom is 0.123 e. The SMILES string of the molecule is C=CC(O)NCCCCCCCCCCCCCCC. The lowest BCUT2D eigenvalue weighted by molar-refractivity contribution is 0.184. The average Bonchev–Trinajstić information content (AvgIpc) is 2.47. The normalized spacial score (nSPS) is 12.5. The minimum atomic E-state index is -0.535. The molecule has 0 spiro atoms. The van der Waals surface area contributed by atoms with Gasteiger partial charge in [0.2, 0.25) is 0 Å². The molecule has 0 saturated carbocycles. The topological polar surface area (TPSA) is 32.3 Å². The zero-order chi connectivity index (χ0) is 14.9. The lowest BCUT2D eigenvalue weighted by Gasteiger charge is -2.07. The number of aliphatic hydroxyl groups excluding tert-OH is 1. The maximum absolute atomic E-state index is 9.22. The second-order valence-corrected chi connectivity index (χ2v) is 5.88. The van der Waals surface area contributed by atoms with Gasteiger partial charge >= 0.3 is 0 Å². The molecule has 120 valence electrons. The van der Waals surface area contributed by atoms with Gasteiger partial charge in [0.05, 0.1) is 0 Å². The van der Waals surface area contributed by atoms with E-state index in [1.54, 1.807) is 0 Å². The Kier molecular flexibility index (Phi) is 16.4. The summed E-state index contributed by atoms with van der Waals surface area (Å²) < 4.78 is 0. The van der Waals surface area contributed by atoms with Crippen LogP contribution in [0.25, 0.3) is 0 Å². The first-order chi connectivity index (χ1) is 9.81. The third-order valence-electron chi connectivity index (χ3n) is 3.86. The highest BCUT2D eigenvalue weighted by molar-refractivity contribution is 4.75. The van der Waals surface area contributed by atoms with Crippen LogP contribution in [0.2, 0.25) is 0 Å². The Morgan fingerprint density at radius 1 is 0.800 bits per heavy atom. The van der Waals surface area contributed by atoms with Gasteiger partial charge in [0.15, 0.2) is 0 Å². The fraction of sp³-hybridized carbons (Fsp3) is 0.889. The van der Waals surface area contributed by atoms with Crippen LogP contribution in [0.15, 0.2) is 12.7 Å². The summed E-state index contributed by atoms with van der Waals surface area (Å²) in [5.41, 5.74) is 0. The highest BCUT2D eigenvalue weighted by Gasteiger charge is 1.96. The number of aliphatic hydroxyl groups is 1. The second kappa shape index (κ2) is 16.7. The molecule has 2 heteroatoms. The zero-order valence-corrected chi connectivity index (χ0v) is 13.7.